The molecule has 1 unspecified atom stereocenters. The summed E-state index contributed by atoms with van der Waals surface area (Å²) < 4.78 is 27.0. The van der Waals surface area contributed by atoms with Crippen LogP contribution in [-0.4, -0.2) is 41.1 Å². The molecule has 142 valence electrons. The molecule has 1 heterocycles. The van der Waals surface area contributed by atoms with Crippen LogP contribution < -0.4 is 15.4 Å². The summed E-state index contributed by atoms with van der Waals surface area (Å²) >= 11 is 1.20. The minimum absolute atomic E-state index is 0.286. The predicted molar refractivity (Wildman–Crippen MR) is 108 cm³/mol. The fourth-order valence-corrected chi connectivity index (χ4v) is 4.41. The van der Waals surface area contributed by atoms with Crippen LogP contribution in [0, 0.1) is 6.92 Å². The highest BCUT2D eigenvalue weighted by atomic mass is 32.2. The molecule has 0 aliphatic heterocycles. The number of aryl methyl sites for hydroxylation is 1. The minimum atomic E-state index is -3.42. The van der Waals surface area contributed by atoms with Gasteiger partial charge in [0, 0.05) is 26.7 Å². The molecule has 1 aromatic heterocycles. The van der Waals surface area contributed by atoms with Crippen molar-refractivity contribution in [2.24, 2.45) is 4.99 Å². The Hall–Kier alpha value is -1.90. The van der Waals surface area contributed by atoms with E-state index < -0.39 is 10.0 Å². The van der Waals surface area contributed by atoms with Crippen molar-refractivity contribution in [1.82, 2.24) is 15.4 Å². The number of hydrogen-bond acceptors (Lipinski definition) is 4. The Balaban J connectivity index is 1.73. The van der Waals surface area contributed by atoms with Gasteiger partial charge in [0.25, 0.3) is 0 Å². The van der Waals surface area contributed by atoms with Crippen LogP contribution in [-0.2, 0) is 10.0 Å². The minimum Gasteiger partial charge on any atom is -0.356 e. The Labute approximate surface area is 159 Å². The van der Waals surface area contributed by atoms with Crippen LogP contribution >= 0.6 is 11.3 Å². The number of thiophene rings is 1. The van der Waals surface area contributed by atoms with Crippen LogP contribution in [0.4, 0.5) is 0 Å². The summed E-state index contributed by atoms with van der Waals surface area (Å²) in [6.45, 7) is 5.70. The molecule has 6 nitrogen and oxygen atoms in total. The van der Waals surface area contributed by atoms with Gasteiger partial charge in [0.15, 0.2) is 5.96 Å². The summed E-state index contributed by atoms with van der Waals surface area (Å²) in [6.07, 6.45) is 0. The zero-order chi connectivity index (χ0) is 19.0. The molecule has 0 spiro atoms. The van der Waals surface area contributed by atoms with E-state index in [0.29, 0.717) is 22.6 Å². The molecule has 0 bridgehead atoms. The highest BCUT2D eigenvalue weighted by Gasteiger charge is 2.14. The molecule has 0 saturated heterocycles. The first-order valence-corrected chi connectivity index (χ1v) is 10.8. The summed E-state index contributed by atoms with van der Waals surface area (Å²) in [5.41, 5.74) is 2.51. The molecule has 0 aliphatic rings. The molecule has 8 heteroatoms. The van der Waals surface area contributed by atoms with Crippen molar-refractivity contribution in [3.8, 4) is 0 Å². The third kappa shape index (κ3) is 6.12. The molecular formula is C18H26N4O2S2. The molecule has 0 amide bonds. The van der Waals surface area contributed by atoms with E-state index in [4.69, 9.17) is 0 Å². The van der Waals surface area contributed by atoms with Gasteiger partial charge in [0.1, 0.15) is 4.21 Å². The average molecular weight is 395 g/mol. The standard InChI is InChI=1S/C18H26N4O2S2/c1-14-6-8-16(9-7-14)15(2)13-21-18(19-3)20-10-11-22-26(23,24)17-5-4-12-25-17/h4-9,12,15,22H,10-11,13H2,1-3H3,(H2,19,20,21). The van der Waals surface area contributed by atoms with Crippen molar-refractivity contribution >= 4 is 27.3 Å². The van der Waals surface area contributed by atoms with E-state index in [0.717, 1.165) is 6.54 Å². The lowest BCUT2D eigenvalue weighted by atomic mass is 10.0. The van der Waals surface area contributed by atoms with Crippen LogP contribution in [0.5, 0.6) is 0 Å². The van der Waals surface area contributed by atoms with Crippen molar-refractivity contribution in [2.75, 3.05) is 26.7 Å². The normalized spacial score (nSPS) is 13.4. The lowest BCUT2D eigenvalue weighted by Crippen LogP contribution is -2.42. The number of benzene rings is 1. The summed E-state index contributed by atoms with van der Waals surface area (Å²) in [6, 6.07) is 11.8. The van der Waals surface area contributed by atoms with Gasteiger partial charge in [-0.3, -0.25) is 4.99 Å². The number of hydrogen-bond donors (Lipinski definition) is 3. The molecule has 0 radical (unpaired) electrons. The molecule has 0 aliphatic carbocycles. The maximum Gasteiger partial charge on any atom is 0.250 e. The fourth-order valence-electron chi connectivity index (χ4n) is 2.34. The van der Waals surface area contributed by atoms with Gasteiger partial charge < -0.3 is 10.6 Å². The first-order chi connectivity index (χ1) is 12.4. The molecule has 2 rings (SSSR count). The van der Waals surface area contributed by atoms with E-state index in [-0.39, 0.29) is 6.54 Å². The average Bonchev–Trinajstić information content (AvgIpc) is 3.17. The molecule has 2 aromatic rings. The molecule has 3 N–H and O–H groups in total. The van der Waals surface area contributed by atoms with E-state index in [1.807, 2.05) is 0 Å². The fraction of sp³-hybridized carbons (Fsp3) is 0.389. The van der Waals surface area contributed by atoms with E-state index >= 15 is 0 Å². The Morgan fingerprint density at radius 3 is 2.50 bits per heavy atom. The highest BCUT2D eigenvalue weighted by Crippen LogP contribution is 2.15. The topological polar surface area (TPSA) is 82.6 Å². The van der Waals surface area contributed by atoms with Gasteiger partial charge in [0.2, 0.25) is 10.0 Å². The third-order valence-corrected chi connectivity index (χ3v) is 6.77. The van der Waals surface area contributed by atoms with Gasteiger partial charge in [-0.2, -0.15) is 0 Å². The summed E-state index contributed by atoms with van der Waals surface area (Å²) in [5, 5.41) is 8.13. The second-order valence-corrected chi connectivity index (χ2v) is 8.96. The molecule has 1 aromatic carbocycles. The zero-order valence-corrected chi connectivity index (χ0v) is 17.0. The van der Waals surface area contributed by atoms with E-state index in [1.165, 1.54) is 22.5 Å². The Morgan fingerprint density at radius 1 is 1.15 bits per heavy atom. The second-order valence-electron chi connectivity index (χ2n) is 6.02. The van der Waals surface area contributed by atoms with Crippen molar-refractivity contribution in [3.63, 3.8) is 0 Å². The number of sulfonamides is 1. The number of aliphatic imine (C=N–C) groups is 1. The maximum atomic E-state index is 12.0. The van der Waals surface area contributed by atoms with Gasteiger partial charge in [-0.25, -0.2) is 13.1 Å². The van der Waals surface area contributed by atoms with Gasteiger partial charge in [-0.1, -0.05) is 42.8 Å². The van der Waals surface area contributed by atoms with Crippen molar-refractivity contribution in [1.29, 1.82) is 0 Å². The summed E-state index contributed by atoms with van der Waals surface area (Å²) in [7, 11) is -1.72. The van der Waals surface area contributed by atoms with Crippen molar-refractivity contribution < 1.29 is 8.42 Å². The van der Waals surface area contributed by atoms with Crippen LogP contribution in [0.15, 0.2) is 51.0 Å². The quantitative estimate of drug-likeness (QED) is 0.364. The SMILES string of the molecule is CN=C(NCCNS(=O)(=O)c1cccs1)NCC(C)c1ccc(C)cc1. The molecular weight excluding hydrogens is 368 g/mol. The summed E-state index contributed by atoms with van der Waals surface area (Å²) in [4.78, 5) is 4.17. The Morgan fingerprint density at radius 2 is 1.88 bits per heavy atom. The van der Waals surface area contributed by atoms with Crippen LogP contribution in [0.2, 0.25) is 0 Å². The monoisotopic (exact) mass is 394 g/mol. The smallest absolute Gasteiger partial charge is 0.250 e. The maximum absolute atomic E-state index is 12.0. The van der Waals surface area contributed by atoms with E-state index in [2.05, 4.69) is 58.5 Å². The van der Waals surface area contributed by atoms with Crippen LogP contribution in [0.25, 0.3) is 0 Å². The lowest BCUT2D eigenvalue weighted by Gasteiger charge is -2.16. The first-order valence-electron chi connectivity index (χ1n) is 8.46. The van der Waals surface area contributed by atoms with E-state index in [1.54, 1.807) is 24.6 Å². The van der Waals surface area contributed by atoms with Crippen LogP contribution in [0.1, 0.15) is 24.0 Å². The number of nitrogens with one attached hydrogen (secondary N) is 3. The Bertz CT molecular complexity index is 800. The van der Waals surface area contributed by atoms with Crippen molar-refractivity contribution in [2.45, 2.75) is 24.0 Å². The zero-order valence-electron chi connectivity index (χ0n) is 15.3. The third-order valence-electron chi connectivity index (χ3n) is 3.92. The van der Waals surface area contributed by atoms with Gasteiger partial charge in [-0.05, 0) is 29.9 Å². The largest absolute Gasteiger partial charge is 0.356 e. The second kappa shape index (κ2) is 9.70. The highest BCUT2D eigenvalue weighted by molar-refractivity contribution is 7.91. The van der Waals surface area contributed by atoms with Crippen molar-refractivity contribution in [3.05, 3.63) is 52.9 Å². The molecule has 1 atom stereocenters. The number of guanidine groups is 1. The molecule has 26 heavy (non-hydrogen) atoms. The molecule has 0 fully saturated rings. The lowest BCUT2D eigenvalue weighted by molar-refractivity contribution is 0.582. The molecule has 0 saturated carbocycles. The predicted octanol–water partition coefficient (Wildman–Crippen LogP) is 2.30. The van der Waals surface area contributed by atoms with Crippen LogP contribution in [0.3, 0.4) is 0 Å². The number of nitrogens with zero attached hydrogens (tertiary/aromatic N) is 1. The summed E-state index contributed by atoms with van der Waals surface area (Å²) in [5.74, 6) is 0.991. The first kappa shape index (κ1) is 20.4. The van der Waals surface area contributed by atoms with Gasteiger partial charge in [-0.15, -0.1) is 11.3 Å². The Kier molecular flexibility index (Phi) is 7.62. The van der Waals surface area contributed by atoms with E-state index in [9.17, 15) is 8.42 Å². The number of rotatable bonds is 8. The van der Waals surface area contributed by atoms with Gasteiger partial charge >= 0.3 is 0 Å². The van der Waals surface area contributed by atoms with Gasteiger partial charge in [0.05, 0.1) is 0 Å².